The monoisotopic (exact) mass is 217 g/mol. The lowest BCUT2D eigenvalue weighted by Gasteiger charge is -2.11. The third-order valence-electron chi connectivity index (χ3n) is 3.69. The highest BCUT2D eigenvalue weighted by Gasteiger charge is 2.20. The first-order valence-corrected chi connectivity index (χ1v) is 6.50. The molecule has 1 nitrogen and oxygen atoms in total. The van der Waals surface area contributed by atoms with Crippen LogP contribution in [0.15, 0.2) is 24.3 Å². The van der Waals surface area contributed by atoms with Gasteiger partial charge in [0.15, 0.2) is 0 Å². The number of hydrogen-bond acceptors (Lipinski definition) is 1. The van der Waals surface area contributed by atoms with Crippen molar-refractivity contribution in [2.75, 3.05) is 6.54 Å². The Kier molecular flexibility index (Phi) is 4.00. The Labute approximate surface area is 99.3 Å². The fraction of sp³-hybridized carbons (Fsp3) is 0.600. The lowest BCUT2D eigenvalue weighted by Crippen LogP contribution is -2.20. The second-order valence-corrected chi connectivity index (χ2v) is 5.40. The minimum absolute atomic E-state index is 0.917. The molecule has 0 bridgehead atoms. The number of benzene rings is 1. The third-order valence-corrected chi connectivity index (χ3v) is 3.69. The van der Waals surface area contributed by atoms with Crippen molar-refractivity contribution in [3.05, 3.63) is 35.4 Å². The molecule has 1 aromatic rings. The summed E-state index contributed by atoms with van der Waals surface area (Å²) in [6.45, 7) is 6.72. The summed E-state index contributed by atoms with van der Waals surface area (Å²) in [6.07, 6.45) is 4.26. The molecule has 0 spiro atoms. The van der Waals surface area contributed by atoms with Gasteiger partial charge in [-0.1, -0.05) is 43.2 Å². The van der Waals surface area contributed by atoms with E-state index in [0.29, 0.717) is 0 Å². The van der Waals surface area contributed by atoms with E-state index in [0.717, 1.165) is 18.4 Å². The zero-order chi connectivity index (χ0) is 11.4. The van der Waals surface area contributed by atoms with Crippen molar-refractivity contribution in [3.8, 4) is 0 Å². The van der Waals surface area contributed by atoms with Gasteiger partial charge in [-0.15, -0.1) is 0 Å². The Balaban J connectivity index is 1.70. The summed E-state index contributed by atoms with van der Waals surface area (Å²) < 4.78 is 0. The van der Waals surface area contributed by atoms with Crippen LogP contribution in [-0.2, 0) is 6.54 Å². The van der Waals surface area contributed by atoms with E-state index >= 15 is 0 Å². The van der Waals surface area contributed by atoms with E-state index in [-0.39, 0.29) is 0 Å². The largest absolute Gasteiger partial charge is 0.312 e. The normalized spacial score (nSPS) is 24.9. The van der Waals surface area contributed by atoms with E-state index in [1.54, 1.807) is 0 Å². The van der Waals surface area contributed by atoms with Crippen molar-refractivity contribution < 1.29 is 0 Å². The number of aryl methyl sites for hydroxylation is 1. The molecule has 88 valence electrons. The van der Waals surface area contributed by atoms with Gasteiger partial charge in [0, 0.05) is 6.54 Å². The number of nitrogens with one attached hydrogen (secondary N) is 1. The maximum absolute atomic E-state index is 3.58. The Bertz CT molecular complexity index is 315. The molecule has 1 N–H and O–H groups in total. The quantitative estimate of drug-likeness (QED) is 0.813. The molecular formula is C15H23N. The summed E-state index contributed by atoms with van der Waals surface area (Å²) in [4.78, 5) is 0. The van der Waals surface area contributed by atoms with Gasteiger partial charge >= 0.3 is 0 Å². The fourth-order valence-corrected chi connectivity index (χ4v) is 2.64. The van der Waals surface area contributed by atoms with Crippen LogP contribution in [0.25, 0.3) is 0 Å². The summed E-state index contributed by atoms with van der Waals surface area (Å²) in [5.74, 6) is 1.87. The first-order valence-electron chi connectivity index (χ1n) is 6.50. The molecule has 2 rings (SSSR count). The first kappa shape index (κ1) is 11.7. The van der Waals surface area contributed by atoms with Crippen molar-refractivity contribution in [2.24, 2.45) is 11.8 Å². The van der Waals surface area contributed by atoms with Gasteiger partial charge in [-0.2, -0.15) is 0 Å². The molecule has 1 saturated carbocycles. The van der Waals surface area contributed by atoms with Gasteiger partial charge in [-0.05, 0) is 43.7 Å². The SMILES string of the molecule is Cc1ccc(CNCC2CCC(C)C2)cc1. The lowest BCUT2D eigenvalue weighted by molar-refractivity contribution is 0.470. The van der Waals surface area contributed by atoms with Crippen molar-refractivity contribution in [3.63, 3.8) is 0 Å². The van der Waals surface area contributed by atoms with Gasteiger partial charge in [-0.3, -0.25) is 0 Å². The minimum atomic E-state index is 0.917. The molecule has 0 aliphatic heterocycles. The summed E-state index contributed by atoms with van der Waals surface area (Å²) in [5, 5.41) is 3.58. The Hall–Kier alpha value is -0.820. The lowest BCUT2D eigenvalue weighted by atomic mass is 10.1. The first-order chi connectivity index (χ1) is 7.74. The number of hydrogen-bond donors (Lipinski definition) is 1. The smallest absolute Gasteiger partial charge is 0.0205 e. The molecule has 16 heavy (non-hydrogen) atoms. The van der Waals surface area contributed by atoms with Crippen LogP contribution in [0.5, 0.6) is 0 Å². The summed E-state index contributed by atoms with van der Waals surface area (Å²) in [6, 6.07) is 8.82. The van der Waals surface area contributed by atoms with E-state index in [2.05, 4.69) is 43.4 Å². The van der Waals surface area contributed by atoms with Crippen LogP contribution in [0.4, 0.5) is 0 Å². The summed E-state index contributed by atoms with van der Waals surface area (Å²) >= 11 is 0. The van der Waals surface area contributed by atoms with E-state index in [4.69, 9.17) is 0 Å². The zero-order valence-electron chi connectivity index (χ0n) is 10.5. The molecule has 2 unspecified atom stereocenters. The second-order valence-electron chi connectivity index (χ2n) is 5.40. The van der Waals surface area contributed by atoms with Crippen LogP contribution in [0.1, 0.15) is 37.3 Å². The maximum atomic E-state index is 3.58. The van der Waals surface area contributed by atoms with Gasteiger partial charge in [0.1, 0.15) is 0 Å². The molecular weight excluding hydrogens is 194 g/mol. The molecule has 1 aliphatic carbocycles. The Morgan fingerprint density at radius 2 is 1.94 bits per heavy atom. The van der Waals surface area contributed by atoms with Crippen molar-refractivity contribution in [1.82, 2.24) is 5.32 Å². The highest BCUT2D eigenvalue weighted by atomic mass is 14.9. The molecule has 0 heterocycles. The van der Waals surface area contributed by atoms with E-state index in [1.807, 2.05) is 0 Å². The predicted molar refractivity (Wildman–Crippen MR) is 69.4 cm³/mol. The predicted octanol–water partition coefficient (Wildman–Crippen LogP) is 3.52. The average Bonchev–Trinajstić information content (AvgIpc) is 2.67. The van der Waals surface area contributed by atoms with E-state index < -0.39 is 0 Å². The van der Waals surface area contributed by atoms with Crippen LogP contribution in [-0.4, -0.2) is 6.54 Å². The Morgan fingerprint density at radius 1 is 1.19 bits per heavy atom. The molecule has 1 fully saturated rings. The van der Waals surface area contributed by atoms with Crippen LogP contribution >= 0.6 is 0 Å². The molecule has 0 amide bonds. The van der Waals surface area contributed by atoms with Gasteiger partial charge in [0.05, 0.1) is 0 Å². The molecule has 0 saturated heterocycles. The average molecular weight is 217 g/mol. The zero-order valence-corrected chi connectivity index (χ0v) is 10.5. The van der Waals surface area contributed by atoms with Gasteiger partial charge in [0.2, 0.25) is 0 Å². The molecule has 0 radical (unpaired) electrons. The van der Waals surface area contributed by atoms with Crippen LogP contribution in [0.3, 0.4) is 0 Å². The maximum Gasteiger partial charge on any atom is 0.0205 e. The molecule has 1 aliphatic rings. The summed E-state index contributed by atoms with van der Waals surface area (Å²) in [5.41, 5.74) is 2.74. The Morgan fingerprint density at radius 3 is 2.56 bits per heavy atom. The van der Waals surface area contributed by atoms with Crippen LogP contribution in [0.2, 0.25) is 0 Å². The summed E-state index contributed by atoms with van der Waals surface area (Å²) in [7, 11) is 0. The van der Waals surface area contributed by atoms with Gasteiger partial charge in [0.25, 0.3) is 0 Å². The minimum Gasteiger partial charge on any atom is -0.312 e. The third kappa shape index (κ3) is 3.34. The highest BCUT2D eigenvalue weighted by Crippen LogP contribution is 2.29. The van der Waals surface area contributed by atoms with Crippen LogP contribution < -0.4 is 5.32 Å². The molecule has 0 aromatic heterocycles. The van der Waals surface area contributed by atoms with Crippen molar-refractivity contribution >= 4 is 0 Å². The molecule has 1 aromatic carbocycles. The van der Waals surface area contributed by atoms with Crippen LogP contribution in [0, 0.1) is 18.8 Å². The number of rotatable bonds is 4. The highest BCUT2D eigenvalue weighted by molar-refractivity contribution is 5.21. The van der Waals surface area contributed by atoms with Gasteiger partial charge in [-0.25, -0.2) is 0 Å². The van der Waals surface area contributed by atoms with Crippen molar-refractivity contribution in [1.29, 1.82) is 0 Å². The fourth-order valence-electron chi connectivity index (χ4n) is 2.64. The van der Waals surface area contributed by atoms with Gasteiger partial charge < -0.3 is 5.32 Å². The molecule has 1 heteroatoms. The standard InChI is InChI=1S/C15H23N/c1-12-3-6-14(7-4-12)10-16-11-15-8-5-13(2)9-15/h3-4,6-7,13,15-16H,5,8-11H2,1-2H3. The van der Waals surface area contributed by atoms with E-state index in [1.165, 1.54) is 36.9 Å². The topological polar surface area (TPSA) is 12.0 Å². The van der Waals surface area contributed by atoms with Crippen molar-refractivity contribution in [2.45, 2.75) is 39.7 Å². The molecule has 2 atom stereocenters. The second kappa shape index (κ2) is 5.49. The van der Waals surface area contributed by atoms with E-state index in [9.17, 15) is 0 Å².